The Hall–Kier alpha value is -1.72. The Morgan fingerprint density at radius 3 is 0.833 bits per heavy atom. The van der Waals surface area contributed by atoms with Gasteiger partial charge in [0.2, 0.25) is 0 Å². The molecule has 238 valence electrons. The first-order valence-corrected chi connectivity index (χ1v) is 16.1. The van der Waals surface area contributed by atoms with Crippen LogP contribution in [0.4, 0.5) is 0 Å². The summed E-state index contributed by atoms with van der Waals surface area (Å²) in [6.45, 7) is 9.11. The highest BCUT2D eigenvalue weighted by atomic mass is 32.1. The molecule has 42 heavy (non-hydrogen) atoms. The minimum atomic E-state index is 0.349. The van der Waals surface area contributed by atoms with E-state index in [0.29, 0.717) is 155 Å². The van der Waals surface area contributed by atoms with E-state index in [1.165, 1.54) is 22.7 Å². The quantitative estimate of drug-likeness (QED) is 0.460. The van der Waals surface area contributed by atoms with Crippen molar-refractivity contribution in [3.63, 3.8) is 0 Å². The summed E-state index contributed by atoms with van der Waals surface area (Å²) < 4.78 is 69.3. The Morgan fingerprint density at radius 2 is 0.548 bits per heavy atom. The largest absolute Gasteiger partial charge is 0.486 e. The van der Waals surface area contributed by atoms with Gasteiger partial charge in [0.1, 0.15) is 26.4 Å². The molecule has 4 rings (SSSR count). The van der Waals surface area contributed by atoms with E-state index in [9.17, 15) is 0 Å². The van der Waals surface area contributed by atoms with Gasteiger partial charge in [-0.3, -0.25) is 0 Å². The predicted molar refractivity (Wildman–Crippen MR) is 156 cm³/mol. The molecule has 12 nitrogen and oxygen atoms in total. The molecule has 0 fully saturated rings. The molecule has 2 aromatic heterocycles. The van der Waals surface area contributed by atoms with Crippen LogP contribution in [0.3, 0.4) is 0 Å². The summed E-state index contributed by atoms with van der Waals surface area (Å²) in [6, 6.07) is 0. The molecule has 0 spiro atoms. The van der Waals surface area contributed by atoms with Gasteiger partial charge in [-0.25, -0.2) is 0 Å². The molecule has 0 atom stereocenters. The first-order valence-electron chi connectivity index (χ1n) is 14.3. The molecule has 0 saturated carbocycles. The number of hydrogen-bond acceptors (Lipinski definition) is 14. The zero-order valence-electron chi connectivity index (χ0n) is 24.0. The Balaban J connectivity index is 1.45. The fraction of sp³-hybridized carbons (Fsp3) is 0.714. The normalized spacial score (nSPS) is 20.9. The van der Waals surface area contributed by atoms with Crippen LogP contribution in [0, 0.1) is 0 Å². The average Bonchev–Trinajstić information content (AvgIpc) is 3.59. The van der Waals surface area contributed by atoms with Crippen molar-refractivity contribution in [2.24, 2.45) is 0 Å². The van der Waals surface area contributed by atoms with Crippen molar-refractivity contribution < 1.29 is 56.8 Å². The van der Waals surface area contributed by atoms with Crippen LogP contribution in [0.25, 0.3) is 9.75 Å². The lowest BCUT2D eigenvalue weighted by Crippen LogP contribution is -2.16. The second kappa shape index (κ2) is 21.1. The monoisotopic (exact) mass is 634 g/mol. The molecule has 0 bridgehead atoms. The number of thiophene rings is 2. The maximum absolute atomic E-state index is 6.23. The lowest BCUT2D eigenvalue weighted by atomic mass is 10.3. The van der Waals surface area contributed by atoms with Crippen molar-refractivity contribution in [3.05, 3.63) is 10.8 Å². The smallest absolute Gasteiger partial charge is 0.180 e. The van der Waals surface area contributed by atoms with Crippen LogP contribution < -0.4 is 18.9 Å². The molecular formula is C28H42O12S2. The van der Waals surface area contributed by atoms with Crippen LogP contribution in [-0.2, 0) is 37.9 Å². The molecule has 2 aliphatic rings. The first kappa shape index (κ1) is 33.2. The van der Waals surface area contributed by atoms with E-state index in [4.69, 9.17) is 56.8 Å². The van der Waals surface area contributed by atoms with E-state index in [1.807, 2.05) is 10.8 Å². The molecule has 0 amide bonds. The van der Waals surface area contributed by atoms with Gasteiger partial charge in [-0.15, -0.1) is 22.7 Å². The number of hydrogen-bond donors (Lipinski definition) is 0. The molecule has 0 N–H and O–H groups in total. The van der Waals surface area contributed by atoms with Crippen LogP contribution in [0.1, 0.15) is 0 Å². The Labute approximate surface area is 254 Å². The summed E-state index contributed by atoms with van der Waals surface area (Å²) in [5.41, 5.74) is 0. The van der Waals surface area contributed by atoms with Gasteiger partial charge in [0.05, 0.1) is 115 Å². The topological polar surface area (TPSA) is 111 Å². The van der Waals surface area contributed by atoms with Crippen molar-refractivity contribution in [2.75, 3.05) is 132 Å². The fourth-order valence-corrected chi connectivity index (χ4v) is 5.82. The molecular weight excluding hydrogens is 592 g/mol. The summed E-state index contributed by atoms with van der Waals surface area (Å²) >= 11 is 3.04. The van der Waals surface area contributed by atoms with Gasteiger partial charge in [-0.05, 0) is 0 Å². The second-order valence-corrected chi connectivity index (χ2v) is 10.6. The van der Waals surface area contributed by atoms with E-state index in [0.717, 1.165) is 9.75 Å². The summed E-state index contributed by atoms with van der Waals surface area (Å²) in [7, 11) is 0. The molecule has 4 heterocycles. The summed E-state index contributed by atoms with van der Waals surface area (Å²) in [4.78, 5) is 1.77. The van der Waals surface area contributed by atoms with E-state index in [2.05, 4.69) is 0 Å². The van der Waals surface area contributed by atoms with Crippen molar-refractivity contribution in [1.82, 2.24) is 0 Å². The highest BCUT2D eigenvalue weighted by Gasteiger charge is 2.24. The molecule has 2 aromatic rings. The zero-order chi connectivity index (χ0) is 28.9. The molecule has 0 unspecified atom stereocenters. The van der Waals surface area contributed by atoms with Crippen molar-refractivity contribution in [3.8, 4) is 32.8 Å². The summed E-state index contributed by atoms with van der Waals surface area (Å²) in [5, 5.41) is 3.88. The minimum Gasteiger partial charge on any atom is -0.486 e. The van der Waals surface area contributed by atoms with Crippen molar-refractivity contribution in [2.45, 2.75) is 0 Å². The average molecular weight is 635 g/mol. The highest BCUT2D eigenvalue weighted by Crippen LogP contribution is 2.52. The van der Waals surface area contributed by atoms with Crippen LogP contribution in [-0.4, -0.2) is 132 Å². The Bertz CT molecular complexity index is 893. The third kappa shape index (κ3) is 12.1. The Morgan fingerprint density at radius 1 is 0.310 bits per heavy atom. The van der Waals surface area contributed by atoms with Crippen LogP contribution in [0.15, 0.2) is 10.8 Å². The van der Waals surface area contributed by atoms with Gasteiger partial charge < -0.3 is 56.8 Å². The van der Waals surface area contributed by atoms with E-state index in [1.54, 1.807) is 0 Å². The van der Waals surface area contributed by atoms with Gasteiger partial charge in [-0.1, -0.05) is 0 Å². The summed E-state index contributed by atoms with van der Waals surface area (Å²) in [5.74, 6) is 2.55. The second-order valence-electron chi connectivity index (χ2n) is 8.81. The third-order valence-electron chi connectivity index (χ3n) is 5.78. The van der Waals surface area contributed by atoms with Gasteiger partial charge in [-0.2, -0.15) is 0 Å². The molecule has 2 aliphatic heterocycles. The predicted octanol–water partition coefficient (Wildman–Crippen LogP) is 3.15. The van der Waals surface area contributed by atoms with Gasteiger partial charge in [0, 0.05) is 10.8 Å². The van der Waals surface area contributed by atoms with Gasteiger partial charge in [0.15, 0.2) is 23.0 Å². The van der Waals surface area contributed by atoms with E-state index >= 15 is 0 Å². The van der Waals surface area contributed by atoms with Crippen molar-refractivity contribution >= 4 is 22.7 Å². The molecule has 14 heteroatoms. The third-order valence-corrected chi connectivity index (χ3v) is 7.83. The molecule has 0 aromatic carbocycles. The number of fused-ring (bicyclic) bond motifs is 2. The molecule has 0 aliphatic carbocycles. The van der Waals surface area contributed by atoms with Crippen LogP contribution in [0.5, 0.6) is 23.0 Å². The fourth-order valence-electron chi connectivity index (χ4n) is 3.80. The van der Waals surface area contributed by atoms with Gasteiger partial charge in [0.25, 0.3) is 0 Å². The minimum absolute atomic E-state index is 0.349. The lowest BCUT2D eigenvalue weighted by molar-refractivity contribution is -0.00841. The first-order chi connectivity index (χ1) is 20.9. The zero-order valence-corrected chi connectivity index (χ0v) is 25.6. The van der Waals surface area contributed by atoms with Crippen LogP contribution >= 0.6 is 22.7 Å². The van der Waals surface area contributed by atoms with E-state index in [-0.39, 0.29) is 0 Å². The molecule has 0 saturated heterocycles. The van der Waals surface area contributed by atoms with E-state index < -0.39 is 0 Å². The van der Waals surface area contributed by atoms with Crippen LogP contribution in [0.2, 0.25) is 0 Å². The standard InChI is InChI=1S/C28H42O12S2/c1-3-31-7-11-35-15-19-39-25-23(37-17-13-33-9-5-29-1)21-41-27(25)28-26-24(22-42-28)38-18-14-34-10-6-30-2-4-32-8-12-36-16-20-40-26/h21-22H,1-20H2. The summed E-state index contributed by atoms with van der Waals surface area (Å²) in [6.07, 6.45) is 0. The van der Waals surface area contributed by atoms with Gasteiger partial charge >= 0.3 is 0 Å². The maximum Gasteiger partial charge on any atom is 0.180 e. The number of ether oxygens (including phenoxy) is 12. The maximum atomic E-state index is 6.23. The lowest BCUT2D eigenvalue weighted by Gasteiger charge is -2.14. The van der Waals surface area contributed by atoms with Crippen molar-refractivity contribution in [1.29, 1.82) is 0 Å². The SMILES string of the molecule is c1sc(-c2scc3c2OCCOCCOCCOCCOCCO3)c2c1OCCOCCOCCOCCOCCO2. The number of rotatable bonds is 1. The molecule has 0 radical (unpaired) electrons. The Kier molecular flexibility index (Phi) is 16.6. The highest BCUT2D eigenvalue weighted by molar-refractivity contribution is 7.21.